The number of halogens is 2. The number of hydrogen-bond donors (Lipinski definition) is 1. The first kappa shape index (κ1) is 13.1. The molecule has 0 bridgehead atoms. The molecule has 0 aliphatic rings. The first-order chi connectivity index (χ1) is 9.63. The van der Waals surface area contributed by atoms with Crippen molar-refractivity contribution in [3.63, 3.8) is 0 Å². The van der Waals surface area contributed by atoms with Gasteiger partial charge in [-0.05, 0) is 42.5 Å². The average molecular weight is 352 g/mol. The predicted molar refractivity (Wildman–Crippen MR) is 79.5 cm³/mol. The molecule has 1 aromatic heterocycles. The summed E-state index contributed by atoms with van der Waals surface area (Å²) in [5.41, 5.74) is 1.28. The molecule has 0 saturated heterocycles. The van der Waals surface area contributed by atoms with Gasteiger partial charge in [0.25, 0.3) is 5.89 Å². The van der Waals surface area contributed by atoms with Crippen molar-refractivity contribution in [3.8, 4) is 28.6 Å². The van der Waals surface area contributed by atoms with Crippen LogP contribution in [0.5, 0.6) is 5.75 Å². The second-order valence-corrected chi connectivity index (χ2v) is 5.44. The van der Waals surface area contributed by atoms with Gasteiger partial charge in [0.2, 0.25) is 5.82 Å². The van der Waals surface area contributed by atoms with E-state index in [9.17, 15) is 5.11 Å². The van der Waals surface area contributed by atoms with E-state index >= 15 is 0 Å². The van der Waals surface area contributed by atoms with E-state index in [0.717, 1.165) is 10.0 Å². The van der Waals surface area contributed by atoms with Gasteiger partial charge in [0, 0.05) is 15.1 Å². The molecule has 0 radical (unpaired) electrons. The number of hydrogen-bond acceptors (Lipinski definition) is 4. The minimum Gasteiger partial charge on any atom is -0.507 e. The molecule has 1 heterocycles. The van der Waals surface area contributed by atoms with Crippen LogP contribution in [0.1, 0.15) is 0 Å². The topological polar surface area (TPSA) is 59.2 Å². The normalized spacial score (nSPS) is 10.7. The van der Waals surface area contributed by atoms with Crippen LogP contribution in [0.3, 0.4) is 0 Å². The molecular formula is C14H8BrClN2O2. The average Bonchev–Trinajstić information content (AvgIpc) is 2.89. The number of nitrogens with zero attached hydrogens (tertiary/aromatic N) is 2. The summed E-state index contributed by atoms with van der Waals surface area (Å²) >= 11 is 9.11. The lowest BCUT2D eigenvalue weighted by Crippen LogP contribution is -1.82. The monoisotopic (exact) mass is 350 g/mol. The highest BCUT2D eigenvalue weighted by atomic mass is 79.9. The summed E-state index contributed by atoms with van der Waals surface area (Å²) in [7, 11) is 0. The lowest BCUT2D eigenvalue weighted by atomic mass is 10.2. The molecule has 0 fully saturated rings. The highest BCUT2D eigenvalue weighted by Gasteiger charge is 2.14. The first-order valence-electron chi connectivity index (χ1n) is 5.72. The Kier molecular flexibility index (Phi) is 3.46. The van der Waals surface area contributed by atoms with Crippen molar-refractivity contribution in [2.45, 2.75) is 0 Å². The van der Waals surface area contributed by atoms with Gasteiger partial charge in [-0.1, -0.05) is 32.7 Å². The molecule has 20 heavy (non-hydrogen) atoms. The van der Waals surface area contributed by atoms with Gasteiger partial charge in [0.1, 0.15) is 5.75 Å². The lowest BCUT2D eigenvalue weighted by Gasteiger charge is -1.99. The van der Waals surface area contributed by atoms with Crippen LogP contribution in [0.4, 0.5) is 0 Å². The van der Waals surface area contributed by atoms with Crippen molar-refractivity contribution >= 4 is 27.5 Å². The Bertz CT molecular complexity index is 756. The van der Waals surface area contributed by atoms with Gasteiger partial charge in [-0.25, -0.2) is 0 Å². The minimum absolute atomic E-state index is 0.0747. The second kappa shape index (κ2) is 5.26. The van der Waals surface area contributed by atoms with Crippen LogP contribution in [-0.2, 0) is 0 Å². The summed E-state index contributed by atoms with van der Waals surface area (Å²) in [5.74, 6) is 0.782. The Morgan fingerprint density at radius 1 is 1.10 bits per heavy atom. The zero-order chi connectivity index (χ0) is 14.1. The maximum Gasteiger partial charge on any atom is 0.261 e. The predicted octanol–water partition coefficient (Wildman–Crippen LogP) is 4.53. The highest BCUT2D eigenvalue weighted by molar-refractivity contribution is 9.10. The van der Waals surface area contributed by atoms with Crippen LogP contribution in [-0.4, -0.2) is 15.2 Å². The van der Waals surface area contributed by atoms with E-state index in [1.165, 1.54) is 0 Å². The largest absolute Gasteiger partial charge is 0.507 e. The molecule has 0 atom stereocenters. The van der Waals surface area contributed by atoms with Crippen molar-refractivity contribution in [2.24, 2.45) is 0 Å². The Hall–Kier alpha value is -1.85. The molecule has 3 aromatic rings. The molecule has 3 rings (SSSR count). The fourth-order valence-corrected chi connectivity index (χ4v) is 2.21. The van der Waals surface area contributed by atoms with Crippen LogP contribution >= 0.6 is 27.5 Å². The SMILES string of the molecule is Oc1cc(Br)ccc1-c1nc(-c2ccc(Cl)cc2)no1. The van der Waals surface area contributed by atoms with Crippen molar-refractivity contribution in [1.82, 2.24) is 10.1 Å². The quantitative estimate of drug-likeness (QED) is 0.737. The third kappa shape index (κ3) is 2.55. The maximum atomic E-state index is 9.89. The zero-order valence-corrected chi connectivity index (χ0v) is 12.4. The van der Waals surface area contributed by atoms with E-state index in [1.54, 1.807) is 42.5 Å². The van der Waals surface area contributed by atoms with E-state index in [2.05, 4.69) is 26.1 Å². The minimum atomic E-state index is 0.0747. The van der Waals surface area contributed by atoms with Gasteiger partial charge in [-0.15, -0.1) is 0 Å². The van der Waals surface area contributed by atoms with Crippen molar-refractivity contribution in [3.05, 3.63) is 52.0 Å². The summed E-state index contributed by atoms with van der Waals surface area (Å²) in [6.07, 6.45) is 0. The van der Waals surface area contributed by atoms with E-state index in [0.29, 0.717) is 16.4 Å². The van der Waals surface area contributed by atoms with Crippen molar-refractivity contribution in [1.29, 1.82) is 0 Å². The van der Waals surface area contributed by atoms with Gasteiger partial charge >= 0.3 is 0 Å². The zero-order valence-electron chi connectivity index (χ0n) is 10.0. The molecule has 100 valence electrons. The fourth-order valence-electron chi connectivity index (χ4n) is 1.73. The first-order valence-corrected chi connectivity index (χ1v) is 6.89. The van der Waals surface area contributed by atoms with E-state index in [-0.39, 0.29) is 11.6 Å². The fraction of sp³-hybridized carbons (Fsp3) is 0. The molecule has 1 N–H and O–H groups in total. The second-order valence-electron chi connectivity index (χ2n) is 4.09. The molecule has 4 nitrogen and oxygen atoms in total. The summed E-state index contributed by atoms with van der Waals surface area (Å²) in [6, 6.07) is 12.2. The third-order valence-electron chi connectivity index (χ3n) is 2.72. The van der Waals surface area contributed by atoms with Crippen molar-refractivity contribution < 1.29 is 9.63 Å². The molecule has 0 unspecified atom stereocenters. The molecular weight excluding hydrogens is 344 g/mol. The Labute approximate surface area is 128 Å². The van der Waals surface area contributed by atoms with Crippen LogP contribution in [0.2, 0.25) is 5.02 Å². The molecule has 0 spiro atoms. The Morgan fingerprint density at radius 3 is 2.55 bits per heavy atom. The number of phenols is 1. The molecule has 0 amide bonds. The number of benzene rings is 2. The maximum absolute atomic E-state index is 9.89. The number of aromatic nitrogens is 2. The molecule has 0 aliphatic heterocycles. The van der Waals surface area contributed by atoms with Gasteiger partial charge in [0.05, 0.1) is 5.56 Å². The Balaban J connectivity index is 1.99. The number of phenolic OH excluding ortho intramolecular Hbond substituents is 1. The third-order valence-corrected chi connectivity index (χ3v) is 3.46. The molecule has 6 heteroatoms. The molecule has 0 saturated carbocycles. The van der Waals surface area contributed by atoms with Gasteiger partial charge in [-0.3, -0.25) is 0 Å². The van der Waals surface area contributed by atoms with Crippen molar-refractivity contribution in [2.75, 3.05) is 0 Å². The summed E-state index contributed by atoms with van der Waals surface area (Å²) in [5, 5.41) is 14.4. The van der Waals surface area contributed by atoms with Gasteiger partial charge in [0.15, 0.2) is 0 Å². The highest BCUT2D eigenvalue weighted by Crippen LogP contribution is 2.31. The lowest BCUT2D eigenvalue weighted by molar-refractivity contribution is 0.425. The van der Waals surface area contributed by atoms with E-state index in [1.807, 2.05) is 0 Å². The molecule has 0 aliphatic carbocycles. The van der Waals surface area contributed by atoms with Crippen LogP contribution in [0, 0.1) is 0 Å². The van der Waals surface area contributed by atoms with Crippen LogP contribution in [0.15, 0.2) is 51.5 Å². The van der Waals surface area contributed by atoms with Crippen LogP contribution < -0.4 is 0 Å². The summed E-state index contributed by atoms with van der Waals surface area (Å²) in [4.78, 5) is 4.27. The standard InChI is InChI=1S/C14H8BrClN2O2/c15-9-3-6-11(12(19)7-9)14-17-13(18-20-14)8-1-4-10(16)5-2-8/h1-7,19H. The van der Waals surface area contributed by atoms with E-state index in [4.69, 9.17) is 16.1 Å². The smallest absolute Gasteiger partial charge is 0.261 e. The number of rotatable bonds is 2. The van der Waals surface area contributed by atoms with E-state index < -0.39 is 0 Å². The summed E-state index contributed by atoms with van der Waals surface area (Å²) < 4.78 is 5.96. The summed E-state index contributed by atoms with van der Waals surface area (Å²) in [6.45, 7) is 0. The van der Waals surface area contributed by atoms with Gasteiger partial charge in [-0.2, -0.15) is 4.98 Å². The van der Waals surface area contributed by atoms with Crippen LogP contribution in [0.25, 0.3) is 22.8 Å². The Morgan fingerprint density at radius 2 is 1.85 bits per heavy atom. The molecule has 2 aromatic carbocycles. The van der Waals surface area contributed by atoms with Gasteiger partial charge < -0.3 is 9.63 Å². The number of aromatic hydroxyl groups is 1.